The number of benzene rings is 3. The zero-order valence-corrected chi connectivity index (χ0v) is 18.0. The second kappa shape index (κ2) is 8.62. The van der Waals surface area contributed by atoms with Crippen molar-refractivity contribution in [3.8, 4) is 11.1 Å². The number of amides is 2. The van der Waals surface area contributed by atoms with E-state index >= 15 is 4.39 Å². The maximum Gasteiger partial charge on any atom is 0.411 e. The molecule has 1 heterocycles. The van der Waals surface area contributed by atoms with Crippen LogP contribution < -0.4 is 5.32 Å². The number of aliphatic carboxylic acids is 1. The summed E-state index contributed by atoms with van der Waals surface area (Å²) in [7, 11) is 0. The van der Waals surface area contributed by atoms with Crippen LogP contribution in [0.25, 0.3) is 11.1 Å². The van der Waals surface area contributed by atoms with Crippen molar-refractivity contribution in [3.63, 3.8) is 0 Å². The summed E-state index contributed by atoms with van der Waals surface area (Å²) < 4.78 is 20.4. The molecule has 1 fully saturated rings. The summed E-state index contributed by atoms with van der Waals surface area (Å²) in [5.74, 6) is -2.94. The highest BCUT2D eigenvalue weighted by atomic mass is 19.1. The summed E-state index contributed by atoms with van der Waals surface area (Å²) in [4.78, 5) is 37.4. The molecule has 8 heteroatoms. The molecule has 0 radical (unpaired) electrons. The summed E-state index contributed by atoms with van der Waals surface area (Å²) >= 11 is 0. The molecule has 1 unspecified atom stereocenters. The Bertz CT molecular complexity index is 1260. The molecule has 0 spiro atoms. The van der Waals surface area contributed by atoms with Gasteiger partial charge in [0.1, 0.15) is 12.6 Å². The van der Waals surface area contributed by atoms with Gasteiger partial charge in [-0.25, -0.2) is 14.0 Å². The highest BCUT2D eigenvalue weighted by Gasteiger charge is 2.39. The number of carbonyl (C=O) groups is 3. The van der Waals surface area contributed by atoms with Gasteiger partial charge >= 0.3 is 12.1 Å². The summed E-state index contributed by atoms with van der Waals surface area (Å²) in [5, 5.41) is 11.5. The fraction of sp³-hybridized carbons (Fsp3) is 0.192. The molecule has 1 saturated heterocycles. The van der Waals surface area contributed by atoms with Crippen molar-refractivity contribution in [2.45, 2.75) is 18.4 Å². The monoisotopic (exact) mass is 460 g/mol. The predicted molar refractivity (Wildman–Crippen MR) is 122 cm³/mol. The van der Waals surface area contributed by atoms with Gasteiger partial charge in [-0.2, -0.15) is 0 Å². The zero-order valence-electron chi connectivity index (χ0n) is 18.0. The van der Waals surface area contributed by atoms with Gasteiger partial charge in [0.15, 0.2) is 5.82 Å². The van der Waals surface area contributed by atoms with E-state index in [1.54, 1.807) is 0 Å². The first-order valence-corrected chi connectivity index (χ1v) is 10.9. The Balaban J connectivity index is 1.28. The lowest BCUT2D eigenvalue weighted by Crippen LogP contribution is -2.55. The second-order valence-corrected chi connectivity index (χ2v) is 8.26. The van der Waals surface area contributed by atoms with Crippen molar-refractivity contribution in [3.05, 3.63) is 89.2 Å². The lowest BCUT2D eigenvalue weighted by Gasteiger charge is -2.38. The topological polar surface area (TPSA) is 95.9 Å². The van der Waals surface area contributed by atoms with Gasteiger partial charge < -0.3 is 14.7 Å². The van der Waals surface area contributed by atoms with Crippen molar-refractivity contribution in [2.24, 2.45) is 0 Å². The predicted octanol–water partition coefficient (Wildman–Crippen LogP) is 4.49. The number of nitrogens with zero attached hydrogens (tertiary/aromatic N) is 1. The number of halogens is 1. The van der Waals surface area contributed by atoms with Crippen molar-refractivity contribution in [2.75, 3.05) is 18.5 Å². The Morgan fingerprint density at radius 2 is 1.62 bits per heavy atom. The quantitative estimate of drug-likeness (QED) is 0.585. The average molecular weight is 460 g/mol. The number of likely N-dealkylation sites (tertiary alicyclic amines) is 1. The largest absolute Gasteiger partial charge is 0.480 e. The van der Waals surface area contributed by atoms with E-state index in [0.717, 1.165) is 27.2 Å². The molecule has 2 N–H and O–H groups in total. The van der Waals surface area contributed by atoms with Crippen LogP contribution in [0.5, 0.6) is 0 Å². The summed E-state index contributed by atoms with van der Waals surface area (Å²) in [6, 6.07) is 18.9. The standard InChI is InChI=1S/C26H21FN2O5/c27-23-19(24(30)29-13-12-22(29)25(31)32)10-5-11-21(23)28-26(33)34-14-20-17-8-3-1-6-15(17)16-7-2-4-9-18(16)20/h1-11,20,22H,12-14H2,(H,28,33)(H,31,32). The molecular formula is C26H21FN2O5. The molecule has 3 aromatic rings. The first-order valence-electron chi connectivity index (χ1n) is 10.9. The van der Waals surface area contributed by atoms with Gasteiger partial charge in [0.05, 0.1) is 11.3 Å². The lowest BCUT2D eigenvalue weighted by atomic mass is 9.98. The van der Waals surface area contributed by atoms with Gasteiger partial charge in [-0.15, -0.1) is 0 Å². The van der Waals surface area contributed by atoms with Crippen LogP contribution in [0.3, 0.4) is 0 Å². The Morgan fingerprint density at radius 3 is 2.21 bits per heavy atom. The fourth-order valence-electron chi connectivity index (χ4n) is 4.58. The molecule has 5 rings (SSSR count). The third-order valence-electron chi connectivity index (χ3n) is 6.38. The SMILES string of the molecule is O=C(Nc1cccc(C(=O)N2CCC2C(=O)O)c1F)OCC1c2ccccc2-c2ccccc21. The molecule has 0 aromatic heterocycles. The van der Waals surface area contributed by atoms with Crippen molar-refractivity contribution in [1.29, 1.82) is 0 Å². The number of hydrogen-bond acceptors (Lipinski definition) is 4. The molecule has 172 valence electrons. The van der Waals surface area contributed by atoms with E-state index < -0.39 is 29.8 Å². The van der Waals surface area contributed by atoms with Gasteiger partial charge in [0.2, 0.25) is 0 Å². The Hall–Kier alpha value is -4.20. The Labute approximate surface area is 194 Å². The van der Waals surface area contributed by atoms with Crippen molar-refractivity contribution >= 4 is 23.7 Å². The number of nitrogens with one attached hydrogen (secondary N) is 1. The highest BCUT2D eigenvalue weighted by molar-refractivity contribution is 5.99. The number of rotatable bonds is 5. The van der Waals surface area contributed by atoms with Crippen LogP contribution in [0.1, 0.15) is 33.8 Å². The highest BCUT2D eigenvalue weighted by Crippen LogP contribution is 2.44. The molecular weight excluding hydrogens is 439 g/mol. The first-order chi connectivity index (χ1) is 16.5. The molecule has 0 saturated carbocycles. The molecule has 7 nitrogen and oxygen atoms in total. The van der Waals surface area contributed by atoms with Crippen LogP contribution in [-0.2, 0) is 9.53 Å². The van der Waals surface area contributed by atoms with Crippen molar-refractivity contribution < 1.29 is 28.6 Å². The molecule has 3 aromatic carbocycles. The van der Waals surface area contributed by atoms with Crippen LogP contribution in [0.15, 0.2) is 66.7 Å². The number of anilines is 1. The van der Waals surface area contributed by atoms with E-state index in [1.807, 2.05) is 48.5 Å². The molecule has 1 atom stereocenters. The van der Waals surface area contributed by atoms with Crippen LogP contribution in [-0.4, -0.2) is 47.2 Å². The first kappa shape index (κ1) is 21.6. The van der Waals surface area contributed by atoms with Gasteiger partial charge in [-0.05, 0) is 40.8 Å². The van der Waals surface area contributed by atoms with Gasteiger partial charge in [0.25, 0.3) is 5.91 Å². The smallest absolute Gasteiger partial charge is 0.411 e. The molecule has 1 aliphatic carbocycles. The third-order valence-corrected chi connectivity index (χ3v) is 6.38. The van der Waals surface area contributed by atoms with E-state index in [1.165, 1.54) is 18.2 Å². The Morgan fingerprint density at radius 1 is 0.971 bits per heavy atom. The third kappa shape index (κ3) is 3.67. The number of carboxylic acid groups (broad SMARTS) is 1. The number of fused-ring (bicyclic) bond motifs is 3. The normalized spacial score (nSPS) is 16.3. The molecule has 0 bridgehead atoms. The van der Waals surface area contributed by atoms with Gasteiger partial charge in [-0.1, -0.05) is 54.6 Å². The minimum atomic E-state index is -1.13. The number of carbonyl (C=O) groups excluding carboxylic acids is 2. The molecule has 34 heavy (non-hydrogen) atoms. The minimum Gasteiger partial charge on any atom is -0.480 e. The number of hydrogen-bond donors (Lipinski definition) is 2. The number of ether oxygens (including phenoxy) is 1. The maximum atomic E-state index is 15.0. The van der Waals surface area contributed by atoms with Crippen LogP contribution in [0.2, 0.25) is 0 Å². The Kier molecular flexibility index (Phi) is 5.49. The molecule has 2 amide bonds. The summed E-state index contributed by atoms with van der Waals surface area (Å²) in [6.45, 7) is 0.299. The van der Waals surface area contributed by atoms with E-state index in [0.29, 0.717) is 6.42 Å². The van der Waals surface area contributed by atoms with Crippen LogP contribution >= 0.6 is 0 Å². The van der Waals surface area contributed by atoms with E-state index in [-0.39, 0.29) is 30.3 Å². The minimum absolute atomic E-state index is 0.0637. The van der Waals surface area contributed by atoms with E-state index in [9.17, 15) is 14.4 Å². The van der Waals surface area contributed by atoms with Gasteiger partial charge in [-0.3, -0.25) is 10.1 Å². The second-order valence-electron chi connectivity index (χ2n) is 8.26. The molecule has 2 aliphatic rings. The lowest BCUT2D eigenvalue weighted by molar-refractivity contribution is -0.146. The molecule has 1 aliphatic heterocycles. The van der Waals surface area contributed by atoms with Gasteiger partial charge in [0, 0.05) is 12.5 Å². The number of carboxylic acids is 1. The van der Waals surface area contributed by atoms with Crippen LogP contribution in [0, 0.1) is 5.82 Å². The maximum absolute atomic E-state index is 15.0. The van der Waals surface area contributed by atoms with Crippen LogP contribution in [0.4, 0.5) is 14.9 Å². The van der Waals surface area contributed by atoms with E-state index in [4.69, 9.17) is 9.84 Å². The summed E-state index contributed by atoms with van der Waals surface area (Å²) in [5.41, 5.74) is 3.78. The van der Waals surface area contributed by atoms with Crippen molar-refractivity contribution in [1.82, 2.24) is 4.90 Å². The zero-order chi connectivity index (χ0) is 23.8. The fourth-order valence-corrected chi connectivity index (χ4v) is 4.58. The summed E-state index contributed by atoms with van der Waals surface area (Å²) in [6.07, 6.45) is -0.530. The average Bonchev–Trinajstić information content (AvgIpc) is 3.11. The van der Waals surface area contributed by atoms with E-state index in [2.05, 4.69) is 5.32 Å².